The van der Waals surface area contributed by atoms with Crippen molar-refractivity contribution in [1.29, 1.82) is 0 Å². The van der Waals surface area contributed by atoms with Gasteiger partial charge in [0, 0.05) is 18.4 Å². The normalized spacial score (nSPS) is 10.2. The van der Waals surface area contributed by atoms with Gasteiger partial charge in [-0.15, -0.1) is 0 Å². The first kappa shape index (κ1) is 13.0. The molecule has 0 saturated carbocycles. The summed E-state index contributed by atoms with van der Waals surface area (Å²) in [5, 5.41) is 15.3. The Morgan fingerprint density at radius 2 is 2.00 bits per heavy atom. The molecule has 2 rings (SSSR count). The molecule has 0 bridgehead atoms. The third kappa shape index (κ3) is 3.29. The van der Waals surface area contributed by atoms with Crippen molar-refractivity contribution < 1.29 is 9.90 Å². The second-order valence-electron chi connectivity index (χ2n) is 4.07. The van der Waals surface area contributed by atoms with Crippen LogP contribution in [0.3, 0.4) is 0 Å². The molecule has 1 aromatic carbocycles. The van der Waals surface area contributed by atoms with Crippen molar-refractivity contribution in [2.75, 3.05) is 12.4 Å². The summed E-state index contributed by atoms with van der Waals surface area (Å²) in [7, 11) is 1.88. The van der Waals surface area contributed by atoms with Crippen LogP contribution >= 0.6 is 0 Å². The van der Waals surface area contributed by atoms with E-state index >= 15 is 0 Å². The van der Waals surface area contributed by atoms with Gasteiger partial charge in [0.2, 0.25) is 0 Å². The molecule has 3 N–H and O–H groups in total. The average molecular weight is 257 g/mol. The number of carbonyl (C=O) groups excluding carboxylic acids is 1. The van der Waals surface area contributed by atoms with E-state index in [0.29, 0.717) is 5.69 Å². The van der Waals surface area contributed by atoms with Crippen LogP contribution in [0.1, 0.15) is 15.9 Å². The summed E-state index contributed by atoms with van der Waals surface area (Å²) in [6.07, 6.45) is 2.70. The number of benzene rings is 1. The Labute approximate surface area is 111 Å². The summed E-state index contributed by atoms with van der Waals surface area (Å²) in [5.41, 5.74) is 2.02. The van der Waals surface area contributed by atoms with E-state index in [1.807, 2.05) is 31.3 Å². The Balaban J connectivity index is 2.09. The monoisotopic (exact) mass is 257 g/mol. The lowest BCUT2D eigenvalue weighted by molar-refractivity contribution is 0.102. The molecule has 0 spiro atoms. The molecule has 1 amide bonds. The zero-order valence-corrected chi connectivity index (χ0v) is 10.6. The number of nitrogens with zero attached hydrogens (tertiary/aromatic N) is 1. The van der Waals surface area contributed by atoms with Crippen LogP contribution in [0.15, 0.2) is 42.7 Å². The summed E-state index contributed by atoms with van der Waals surface area (Å²) in [5.74, 6) is -0.493. The van der Waals surface area contributed by atoms with Crippen LogP contribution in [-0.4, -0.2) is 23.0 Å². The smallest absolute Gasteiger partial charge is 0.259 e. The minimum Gasteiger partial charge on any atom is -0.505 e. The van der Waals surface area contributed by atoms with E-state index in [9.17, 15) is 9.90 Å². The molecule has 0 unspecified atom stereocenters. The van der Waals surface area contributed by atoms with Crippen LogP contribution in [0.25, 0.3) is 0 Å². The minimum absolute atomic E-state index is 0.133. The first-order valence-corrected chi connectivity index (χ1v) is 5.88. The molecule has 5 nitrogen and oxygen atoms in total. The third-order valence-corrected chi connectivity index (χ3v) is 2.64. The lowest BCUT2D eigenvalue weighted by atomic mass is 10.2. The fourth-order valence-corrected chi connectivity index (χ4v) is 1.69. The molecule has 0 radical (unpaired) electrons. The Kier molecular flexibility index (Phi) is 4.10. The van der Waals surface area contributed by atoms with Gasteiger partial charge in [-0.25, -0.2) is 0 Å². The minimum atomic E-state index is -0.360. The molecule has 0 aliphatic carbocycles. The third-order valence-electron chi connectivity index (χ3n) is 2.64. The highest BCUT2D eigenvalue weighted by atomic mass is 16.3. The molecule has 1 heterocycles. The van der Waals surface area contributed by atoms with Gasteiger partial charge in [0.25, 0.3) is 5.91 Å². The molecule has 5 heteroatoms. The summed E-state index contributed by atoms with van der Waals surface area (Å²) in [6.45, 7) is 0.777. The second kappa shape index (κ2) is 5.97. The topological polar surface area (TPSA) is 74.2 Å². The van der Waals surface area contributed by atoms with Crippen LogP contribution in [0, 0.1) is 0 Å². The molecule has 1 aromatic heterocycles. The molecule has 98 valence electrons. The largest absolute Gasteiger partial charge is 0.505 e. The number of rotatable bonds is 4. The predicted molar refractivity (Wildman–Crippen MR) is 73.1 cm³/mol. The van der Waals surface area contributed by atoms with Gasteiger partial charge >= 0.3 is 0 Å². The quantitative estimate of drug-likeness (QED) is 0.780. The standard InChI is InChI=1S/C14H15N3O2/c1-15-8-10-2-4-11(5-3-10)17-14(19)12-6-7-16-9-13(12)18/h2-7,9,15,18H,8H2,1H3,(H,17,19). The van der Waals surface area contributed by atoms with E-state index < -0.39 is 0 Å². The van der Waals surface area contributed by atoms with Crippen molar-refractivity contribution in [2.24, 2.45) is 0 Å². The Morgan fingerprint density at radius 3 is 2.63 bits per heavy atom. The first-order valence-electron chi connectivity index (χ1n) is 5.88. The molecular weight excluding hydrogens is 242 g/mol. The summed E-state index contributed by atoms with van der Waals surface area (Å²) in [4.78, 5) is 15.7. The number of aromatic hydroxyl groups is 1. The van der Waals surface area contributed by atoms with E-state index in [-0.39, 0.29) is 17.2 Å². The predicted octanol–water partition coefficient (Wildman–Crippen LogP) is 1.76. The Bertz CT molecular complexity index is 567. The number of hydrogen-bond donors (Lipinski definition) is 3. The summed E-state index contributed by atoms with van der Waals surface area (Å²) < 4.78 is 0. The summed E-state index contributed by atoms with van der Waals surface area (Å²) in [6, 6.07) is 8.97. The maximum Gasteiger partial charge on any atom is 0.259 e. The van der Waals surface area contributed by atoms with Crippen molar-refractivity contribution in [1.82, 2.24) is 10.3 Å². The van der Waals surface area contributed by atoms with E-state index in [0.717, 1.165) is 12.1 Å². The van der Waals surface area contributed by atoms with Crippen molar-refractivity contribution >= 4 is 11.6 Å². The highest BCUT2D eigenvalue weighted by Gasteiger charge is 2.10. The second-order valence-corrected chi connectivity index (χ2v) is 4.07. The molecule has 0 fully saturated rings. The molecule has 19 heavy (non-hydrogen) atoms. The van der Waals surface area contributed by atoms with Gasteiger partial charge in [-0.2, -0.15) is 0 Å². The van der Waals surface area contributed by atoms with Gasteiger partial charge in [0.15, 0.2) is 0 Å². The number of pyridine rings is 1. The average Bonchev–Trinajstić information content (AvgIpc) is 2.42. The van der Waals surface area contributed by atoms with Gasteiger partial charge in [0.1, 0.15) is 5.75 Å². The molecule has 0 atom stereocenters. The van der Waals surface area contributed by atoms with Crippen LogP contribution in [-0.2, 0) is 6.54 Å². The maximum absolute atomic E-state index is 11.9. The Morgan fingerprint density at radius 1 is 1.26 bits per heavy atom. The van der Waals surface area contributed by atoms with Gasteiger partial charge in [-0.3, -0.25) is 9.78 Å². The lowest BCUT2D eigenvalue weighted by Crippen LogP contribution is -2.12. The maximum atomic E-state index is 11.9. The van der Waals surface area contributed by atoms with E-state index in [1.165, 1.54) is 18.5 Å². The first-order chi connectivity index (χ1) is 9.20. The number of nitrogens with one attached hydrogen (secondary N) is 2. The van der Waals surface area contributed by atoms with Gasteiger partial charge in [-0.05, 0) is 30.8 Å². The zero-order valence-electron chi connectivity index (χ0n) is 10.6. The lowest BCUT2D eigenvalue weighted by Gasteiger charge is -2.07. The van der Waals surface area contributed by atoms with E-state index in [4.69, 9.17) is 0 Å². The number of carbonyl (C=O) groups is 1. The van der Waals surface area contributed by atoms with Crippen LogP contribution in [0.2, 0.25) is 0 Å². The zero-order chi connectivity index (χ0) is 13.7. The fourth-order valence-electron chi connectivity index (χ4n) is 1.69. The molecule has 0 aliphatic heterocycles. The van der Waals surface area contributed by atoms with Gasteiger partial charge in [0.05, 0.1) is 11.8 Å². The highest BCUT2D eigenvalue weighted by molar-refractivity contribution is 6.05. The van der Waals surface area contributed by atoms with E-state index in [1.54, 1.807) is 0 Å². The van der Waals surface area contributed by atoms with Crippen LogP contribution in [0.4, 0.5) is 5.69 Å². The van der Waals surface area contributed by atoms with Crippen molar-refractivity contribution in [3.63, 3.8) is 0 Å². The van der Waals surface area contributed by atoms with Crippen molar-refractivity contribution in [3.05, 3.63) is 53.9 Å². The number of amides is 1. The number of anilines is 1. The Hall–Kier alpha value is -2.40. The van der Waals surface area contributed by atoms with Crippen LogP contribution in [0.5, 0.6) is 5.75 Å². The SMILES string of the molecule is CNCc1ccc(NC(=O)c2ccncc2O)cc1. The van der Waals surface area contributed by atoms with E-state index in [2.05, 4.69) is 15.6 Å². The van der Waals surface area contributed by atoms with Crippen molar-refractivity contribution in [3.8, 4) is 5.75 Å². The fraction of sp³-hybridized carbons (Fsp3) is 0.143. The molecule has 0 aliphatic rings. The molecular formula is C14H15N3O2. The van der Waals surface area contributed by atoms with Crippen LogP contribution < -0.4 is 10.6 Å². The molecule has 2 aromatic rings. The number of aromatic nitrogens is 1. The van der Waals surface area contributed by atoms with Gasteiger partial charge < -0.3 is 15.7 Å². The van der Waals surface area contributed by atoms with Gasteiger partial charge in [-0.1, -0.05) is 12.1 Å². The number of hydrogen-bond acceptors (Lipinski definition) is 4. The molecule has 0 saturated heterocycles. The summed E-state index contributed by atoms with van der Waals surface area (Å²) >= 11 is 0. The highest BCUT2D eigenvalue weighted by Crippen LogP contribution is 2.17. The van der Waals surface area contributed by atoms with Crippen molar-refractivity contribution in [2.45, 2.75) is 6.54 Å².